The van der Waals surface area contributed by atoms with Gasteiger partial charge in [0.15, 0.2) is 0 Å². The third kappa shape index (κ3) is 4.81. The second-order valence-corrected chi connectivity index (χ2v) is 7.20. The minimum atomic E-state index is -0.870. The first kappa shape index (κ1) is 18.8. The molecule has 0 unspecified atom stereocenters. The molecule has 0 aliphatic heterocycles. The van der Waals surface area contributed by atoms with Crippen LogP contribution < -0.4 is 16.4 Å². The number of imide groups is 1. The highest BCUT2D eigenvalue weighted by Gasteiger charge is 2.27. The zero-order valence-electron chi connectivity index (χ0n) is 14.9. The summed E-state index contributed by atoms with van der Waals surface area (Å²) in [5.41, 5.74) is 8.12. The standard InChI is InChI=1S/C21H21N3O2S/c1-14-9-11-16(12-10-14)18(17-8-5-13-27-17)23-19(20(25)24-21(22)26)15-6-3-2-4-7-15/h2-13,18-19,23H,1H3,(H3,22,24,25,26)/t18-,19+/m1/s1. The number of rotatable bonds is 6. The molecule has 138 valence electrons. The second kappa shape index (κ2) is 8.62. The number of aryl methyl sites for hydroxylation is 1. The van der Waals surface area contributed by atoms with Gasteiger partial charge in [0.05, 0.1) is 6.04 Å². The fourth-order valence-electron chi connectivity index (χ4n) is 2.89. The molecule has 0 radical (unpaired) electrons. The van der Waals surface area contributed by atoms with Crippen molar-refractivity contribution in [3.63, 3.8) is 0 Å². The van der Waals surface area contributed by atoms with Gasteiger partial charge in [0.2, 0.25) is 5.91 Å². The zero-order valence-corrected chi connectivity index (χ0v) is 15.7. The first-order valence-corrected chi connectivity index (χ1v) is 9.44. The molecule has 27 heavy (non-hydrogen) atoms. The zero-order chi connectivity index (χ0) is 19.2. The van der Waals surface area contributed by atoms with Crippen molar-refractivity contribution in [2.24, 2.45) is 5.73 Å². The van der Waals surface area contributed by atoms with E-state index in [0.717, 1.165) is 21.6 Å². The summed E-state index contributed by atoms with van der Waals surface area (Å²) in [6.45, 7) is 2.03. The number of carbonyl (C=O) groups is 2. The highest BCUT2D eigenvalue weighted by molar-refractivity contribution is 7.10. The first-order chi connectivity index (χ1) is 13.0. The minimum Gasteiger partial charge on any atom is -0.351 e. The van der Waals surface area contributed by atoms with Crippen LogP contribution in [0.2, 0.25) is 0 Å². The fourth-order valence-corrected chi connectivity index (χ4v) is 3.70. The van der Waals surface area contributed by atoms with Gasteiger partial charge in [0, 0.05) is 4.88 Å². The van der Waals surface area contributed by atoms with Gasteiger partial charge in [-0.2, -0.15) is 0 Å². The van der Waals surface area contributed by atoms with Crippen molar-refractivity contribution in [3.8, 4) is 0 Å². The number of benzene rings is 2. The number of nitrogens with two attached hydrogens (primary N) is 1. The van der Waals surface area contributed by atoms with Crippen molar-refractivity contribution in [3.05, 3.63) is 93.7 Å². The molecule has 2 aromatic carbocycles. The van der Waals surface area contributed by atoms with Crippen molar-refractivity contribution in [1.82, 2.24) is 10.6 Å². The molecule has 0 bridgehead atoms. The van der Waals surface area contributed by atoms with Crippen LogP contribution >= 0.6 is 11.3 Å². The van der Waals surface area contributed by atoms with E-state index < -0.39 is 18.0 Å². The Morgan fingerprint density at radius 1 is 0.926 bits per heavy atom. The average molecular weight is 379 g/mol. The van der Waals surface area contributed by atoms with Crippen molar-refractivity contribution in [1.29, 1.82) is 0 Å². The largest absolute Gasteiger partial charge is 0.351 e. The van der Waals surface area contributed by atoms with Gasteiger partial charge >= 0.3 is 6.03 Å². The lowest BCUT2D eigenvalue weighted by Crippen LogP contribution is -2.44. The molecule has 3 aromatic rings. The van der Waals surface area contributed by atoms with Crippen LogP contribution in [0.5, 0.6) is 0 Å². The van der Waals surface area contributed by atoms with Gasteiger partial charge in [0.1, 0.15) is 6.04 Å². The Balaban J connectivity index is 1.98. The predicted octanol–water partition coefficient (Wildman–Crippen LogP) is 3.67. The van der Waals surface area contributed by atoms with E-state index in [1.807, 2.05) is 79.0 Å². The summed E-state index contributed by atoms with van der Waals surface area (Å²) in [5.74, 6) is -0.484. The first-order valence-electron chi connectivity index (χ1n) is 8.56. The van der Waals surface area contributed by atoms with E-state index in [1.54, 1.807) is 11.3 Å². The van der Waals surface area contributed by atoms with Crippen molar-refractivity contribution in [2.75, 3.05) is 0 Å². The molecule has 2 atom stereocenters. The van der Waals surface area contributed by atoms with Crippen LogP contribution in [-0.4, -0.2) is 11.9 Å². The van der Waals surface area contributed by atoms with Gasteiger partial charge in [-0.05, 0) is 29.5 Å². The number of urea groups is 1. The van der Waals surface area contributed by atoms with E-state index in [-0.39, 0.29) is 6.04 Å². The molecule has 4 N–H and O–H groups in total. The SMILES string of the molecule is Cc1ccc([C@@H](N[C@H](C(=O)NC(N)=O)c2ccccc2)c2cccs2)cc1. The Kier molecular flexibility index (Phi) is 6.01. The smallest absolute Gasteiger partial charge is 0.318 e. The van der Waals surface area contributed by atoms with Crippen LogP contribution in [0, 0.1) is 6.92 Å². The lowest BCUT2D eigenvalue weighted by Gasteiger charge is -2.25. The number of hydrogen-bond acceptors (Lipinski definition) is 4. The van der Waals surface area contributed by atoms with Crippen LogP contribution in [0.15, 0.2) is 72.1 Å². The van der Waals surface area contributed by atoms with Crippen LogP contribution in [0.1, 0.15) is 33.7 Å². The molecule has 3 amide bonds. The molecule has 0 spiro atoms. The maximum absolute atomic E-state index is 12.7. The average Bonchev–Trinajstić information content (AvgIpc) is 3.18. The highest BCUT2D eigenvalue weighted by Crippen LogP contribution is 2.29. The number of primary amides is 1. The maximum Gasteiger partial charge on any atom is 0.318 e. The molecule has 6 heteroatoms. The van der Waals surface area contributed by atoms with E-state index in [2.05, 4.69) is 10.6 Å². The summed E-state index contributed by atoms with van der Waals surface area (Å²) < 4.78 is 0. The van der Waals surface area contributed by atoms with Gasteiger partial charge in [0.25, 0.3) is 0 Å². The molecule has 0 aliphatic rings. The van der Waals surface area contributed by atoms with Crippen molar-refractivity contribution < 1.29 is 9.59 Å². The Morgan fingerprint density at radius 2 is 1.63 bits per heavy atom. The molecule has 0 saturated heterocycles. The molecule has 3 rings (SSSR count). The Hall–Kier alpha value is -2.96. The van der Waals surface area contributed by atoms with Crippen molar-refractivity contribution in [2.45, 2.75) is 19.0 Å². The molecule has 0 saturated carbocycles. The number of carbonyl (C=O) groups excluding carboxylic acids is 2. The lowest BCUT2D eigenvalue weighted by atomic mass is 9.99. The van der Waals surface area contributed by atoms with E-state index in [4.69, 9.17) is 5.73 Å². The Labute approximate surface area is 162 Å². The topological polar surface area (TPSA) is 84.2 Å². The van der Waals surface area contributed by atoms with Gasteiger partial charge < -0.3 is 5.73 Å². The van der Waals surface area contributed by atoms with E-state index in [9.17, 15) is 9.59 Å². The number of hydrogen-bond donors (Lipinski definition) is 3. The molecule has 0 aliphatic carbocycles. The predicted molar refractivity (Wildman–Crippen MR) is 107 cm³/mol. The fraction of sp³-hybridized carbons (Fsp3) is 0.143. The quantitative estimate of drug-likeness (QED) is 0.611. The minimum absolute atomic E-state index is 0.200. The summed E-state index contributed by atoms with van der Waals surface area (Å²) >= 11 is 1.61. The molecule has 0 fully saturated rings. The van der Waals surface area contributed by atoms with E-state index in [0.29, 0.717) is 0 Å². The summed E-state index contributed by atoms with van der Waals surface area (Å²) in [6, 6.07) is 19.6. The van der Waals surface area contributed by atoms with Gasteiger partial charge in [-0.1, -0.05) is 66.2 Å². The van der Waals surface area contributed by atoms with Gasteiger partial charge in [-0.3, -0.25) is 15.4 Å². The maximum atomic E-state index is 12.7. The normalized spacial score (nSPS) is 12.9. The highest BCUT2D eigenvalue weighted by atomic mass is 32.1. The van der Waals surface area contributed by atoms with Crippen LogP contribution in [0.4, 0.5) is 4.79 Å². The lowest BCUT2D eigenvalue weighted by molar-refractivity contribution is -0.122. The summed E-state index contributed by atoms with van der Waals surface area (Å²) in [6.07, 6.45) is 0. The third-order valence-corrected chi connectivity index (χ3v) is 5.15. The van der Waals surface area contributed by atoms with Gasteiger partial charge in [-0.15, -0.1) is 11.3 Å². The summed E-state index contributed by atoms with van der Waals surface area (Å²) in [7, 11) is 0. The Bertz CT molecular complexity index is 893. The Morgan fingerprint density at radius 3 is 2.22 bits per heavy atom. The van der Waals surface area contributed by atoms with Gasteiger partial charge in [-0.25, -0.2) is 4.79 Å². The molecule has 1 heterocycles. The molecule has 1 aromatic heterocycles. The third-order valence-electron chi connectivity index (χ3n) is 4.21. The number of thiophene rings is 1. The molecular formula is C21H21N3O2S. The summed E-state index contributed by atoms with van der Waals surface area (Å²) in [5, 5.41) is 7.60. The summed E-state index contributed by atoms with van der Waals surface area (Å²) in [4.78, 5) is 25.0. The second-order valence-electron chi connectivity index (χ2n) is 6.22. The monoisotopic (exact) mass is 379 g/mol. The number of nitrogens with one attached hydrogen (secondary N) is 2. The van der Waals surface area contributed by atoms with Crippen LogP contribution in [0.3, 0.4) is 0 Å². The van der Waals surface area contributed by atoms with Crippen LogP contribution in [0.25, 0.3) is 0 Å². The van der Waals surface area contributed by atoms with E-state index >= 15 is 0 Å². The van der Waals surface area contributed by atoms with Crippen LogP contribution in [-0.2, 0) is 4.79 Å². The number of amides is 3. The van der Waals surface area contributed by atoms with Crippen molar-refractivity contribution >= 4 is 23.3 Å². The van der Waals surface area contributed by atoms with E-state index in [1.165, 1.54) is 0 Å². The molecular weight excluding hydrogens is 358 g/mol. The molecule has 5 nitrogen and oxygen atoms in total.